The van der Waals surface area contributed by atoms with Crippen LogP contribution < -0.4 is 19.7 Å². The second kappa shape index (κ2) is 12.2. The van der Waals surface area contributed by atoms with Crippen LogP contribution in [0, 0.1) is 6.92 Å². The lowest BCUT2D eigenvalue weighted by Gasteiger charge is -2.30. The summed E-state index contributed by atoms with van der Waals surface area (Å²) in [5.74, 6) is -0.236. The lowest BCUT2D eigenvalue weighted by molar-refractivity contribution is -0.122. The molecule has 1 fully saturated rings. The molecule has 1 heterocycles. The Morgan fingerprint density at radius 3 is 2.50 bits per heavy atom. The number of aryl methyl sites for hydroxylation is 1. The average molecular weight is 699 g/mol. The van der Waals surface area contributed by atoms with Crippen LogP contribution in [-0.2, 0) is 16.2 Å². The molecule has 3 aromatic carbocycles. The molecule has 0 aromatic heterocycles. The number of thiocarbonyl (C=S) groups is 1. The fourth-order valence-electron chi connectivity index (χ4n) is 3.78. The highest BCUT2D eigenvalue weighted by Gasteiger charge is 2.35. The molecule has 4 rings (SSSR count). The van der Waals surface area contributed by atoms with E-state index in [0.717, 1.165) is 15.6 Å². The molecule has 0 bridgehead atoms. The van der Waals surface area contributed by atoms with Gasteiger partial charge in [-0.3, -0.25) is 19.8 Å². The zero-order valence-electron chi connectivity index (χ0n) is 20.1. The molecule has 1 N–H and O–H groups in total. The van der Waals surface area contributed by atoms with Crippen molar-refractivity contribution in [3.8, 4) is 11.5 Å². The highest BCUT2D eigenvalue weighted by Crippen LogP contribution is 2.39. The second-order valence-corrected chi connectivity index (χ2v) is 11.2. The van der Waals surface area contributed by atoms with Gasteiger partial charge in [-0.15, -0.1) is 0 Å². The molecule has 0 unspecified atom stereocenters. The minimum Gasteiger partial charge on any atom is -0.490 e. The summed E-state index contributed by atoms with van der Waals surface area (Å²) in [4.78, 5) is 27.6. The van der Waals surface area contributed by atoms with E-state index in [2.05, 4.69) is 37.2 Å². The number of carbonyl (C=O) groups excluding carboxylic acids is 2. The molecule has 1 aliphatic rings. The topological polar surface area (TPSA) is 67.9 Å². The summed E-state index contributed by atoms with van der Waals surface area (Å²) >= 11 is 24.5. The standard InChI is InChI=1S/C27H20Br2Cl2N2O4S/c1-3-36-23-11-15(10-20(29)24(23)37-13-16-4-6-18(30)12-21(16)31)9-19-25(34)32-27(38)33(26(19)35)22-7-5-17(28)8-14(22)2/h4-12H,3,13H2,1-2H3,(H,32,34,38). The second-order valence-electron chi connectivity index (χ2n) is 8.18. The molecule has 2 amide bonds. The molecule has 196 valence electrons. The first kappa shape index (κ1) is 28.6. The van der Waals surface area contributed by atoms with Crippen LogP contribution in [0.4, 0.5) is 5.69 Å². The predicted octanol–water partition coefficient (Wildman–Crippen LogP) is 7.64. The smallest absolute Gasteiger partial charge is 0.270 e. The summed E-state index contributed by atoms with van der Waals surface area (Å²) in [6.45, 7) is 4.25. The molecule has 1 aliphatic heterocycles. The molecule has 11 heteroatoms. The maximum Gasteiger partial charge on any atom is 0.270 e. The minimum atomic E-state index is -0.585. The maximum absolute atomic E-state index is 13.5. The highest BCUT2D eigenvalue weighted by molar-refractivity contribution is 9.10. The maximum atomic E-state index is 13.5. The van der Waals surface area contributed by atoms with E-state index in [-0.39, 0.29) is 17.3 Å². The van der Waals surface area contributed by atoms with Gasteiger partial charge in [-0.2, -0.15) is 0 Å². The van der Waals surface area contributed by atoms with Crippen LogP contribution in [0.15, 0.2) is 63.0 Å². The lowest BCUT2D eigenvalue weighted by Crippen LogP contribution is -2.54. The summed E-state index contributed by atoms with van der Waals surface area (Å²) in [6.07, 6.45) is 1.49. The van der Waals surface area contributed by atoms with Crippen LogP contribution in [0.25, 0.3) is 6.08 Å². The quantitative estimate of drug-likeness (QED) is 0.156. The van der Waals surface area contributed by atoms with Gasteiger partial charge in [0.15, 0.2) is 16.6 Å². The van der Waals surface area contributed by atoms with Crippen molar-refractivity contribution in [2.75, 3.05) is 11.5 Å². The van der Waals surface area contributed by atoms with E-state index in [1.165, 1.54) is 11.0 Å². The van der Waals surface area contributed by atoms with Gasteiger partial charge in [-0.1, -0.05) is 45.2 Å². The Kier molecular flexibility index (Phi) is 9.15. The van der Waals surface area contributed by atoms with Crippen molar-refractivity contribution in [1.29, 1.82) is 0 Å². The number of benzene rings is 3. The van der Waals surface area contributed by atoms with E-state index in [9.17, 15) is 9.59 Å². The average Bonchev–Trinajstić information content (AvgIpc) is 2.83. The fourth-order valence-corrected chi connectivity index (χ4v) is 5.56. The van der Waals surface area contributed by atoms with Crippen molar-refractivity contribution in [1.82, 2.24) is 5.32 Å². The summed E-state index contributed by atoms with van der Waals surface area (Å²) in [5.41, 5.74) is 2.62. The number of ether oxygens (including phenoxy) is 2. The van der Waals surface area contributed by atoms with Crippen molar-refractivity contribution >= 4 is 96.0 Å². The molecule has 0 radical (unpaired) electrons. The largest absolute Gasteiger partial charge is 0.490 e. The van der Waals surface area contributed by atoms with Gasteiger partial charge < -0.3 is 9.47 Å². The first-order chi connectivity index (χ1) is 18.1. The third-order valence-corrected chi connectivity index (χ3v) is 7.49. The van der Waals surface area contributed by atoms with Crippen LogP contribution in [0.5, 0.6) is 11.5 Å². The molecule has 38 heavy (non-hydrogen) atoms. The van der Waals surface area contributed by atoms with Crippen LogP contribution in [0.1, 0.15) is 23.6 Å². The molecular weight excluding hydrogens is 679 g/mol. The molecule has 6 nitrogen and oxygen atoms in total. The van der Waals surface area contributed by atoms with Crippen molar-refractivity contribution < 1.29 is 19.1 Å². The van der Waals surface area contributed by atoms with Crippen molar-refractivity contribution in [2.24, 2.45) is 0 Å². The summed E-state index contributed by atoms with van der Waals surface area (Å²) in [7, 11) is 0. The van der Waals surface area contributed by atoms with Crippen LogP contribution >= 0.6 is 67.3 Å². The number of rotatable bonds is 7. The molecule has 0 atom stereocenters. The van der Waals surface area contributed by atoms with Crippen molar-refractivity contribution in [2.45, 2.75) is 20.5 Å². The van der Waals surface area contributed by atoms with Crippen LogP contribution in [-0.4, -0.2) is 23.5 Å². The molecule has 0 spiro atoms. The summed E-state index contributed by atoms with van der Waals surface area (Å²) in [6, 6.07) is 14.0. The van der Waals surface area contributed by atoms with Gasteiger partial charge in [0.25, 0.3) is 11.8 Å². The van der Waals surface area contributed by atoms with Crippen LogP contribution in [0.3, 0.4) is 0 Å². The van der Waals surface area contributed by atoms with E-state index >= 15 is 0 Å². The van der Waals surface area contributed by atoms with Gasteiger partial charge in [0.05, 0.1) is 16.8 Å². The van der Waals surface area contributed by atoms with Gasteiger partial charge in [-0.25, -0.2) is 0 Å². The van der Waals surface area contributed by atoms with E-state index in [1.54, 1.807) is 42.5 Å². The summed E-state index contributed by atoms with van der Waals surface area (Å²) in [5, 5.41) is 3.64. The predicted molar refractivity (Wildman–Crippen MR) is 161 cm³/mol. The Morgan fingerprint density at radius 1 is 1.05 bits per heavy atom. The number of nitrogens with zero attached hydrogens (tertiary/aromatic N) is 1. The van der Waals surface area contributed by atoms with E-state index in [0.29, 0.717) is 43.9 Å². The Bertz CT molecular complexity index is 1500. The van der Waals surface area contributed by atoms with Crippen molar-refractivity contribution in [3.05, 3.63) is 89.8 Å². The zero-order valence-corrected chi connectivity index (χ0v) is 25.6. The summed E-state index contributed by atoms with van der Waals surface area (Å²) < 4.78 is 13.3. The molecule has 3 aromatic rings. The van der Waals surface area contributed by atoms with E-state index < -0.39 is 11.8 Å². The molecule has 0 saturated carbocycles. The first-order valence-electron chi connectivity index (χ1n) is 11.3. The highest BCUT2D eigenvalue weighted by atomic mass is 79.9. The number of carbonyl (C=O) groups is 2. The number of nitrogens with one attached hydrogen (secondary N) is 1. The SMILES string of the molecule is CCOc1cc(C=C2C(=O)NC(=S)N(c3ccc(Br)cc3C)C2=O)cc(Br)c1OCc1ccc(Cl)cc1Cl. The van der Waals surface area contributed by atoms with Gasteiger partial charge in [-0.05, 0) is 102 Å². The van der Waals surface area contributed by atoms with Crippen LogP contribution in [0.2, 0.25) is 10.0 Å². The first-order valence-corrected chi connectivity index (χ1v) is 14.0. The number of hydrogen-bond acceptors (Lipinski definition) is 5. The third-order valence-electron chi connectivity index (χ3n) is 5.53. The van der Waals surface area contributed by atoms with Gasteiger partial charge >= 0.3 is 0 Å². The Balaban J connectivity index is 1.67. The Morgan fingerprint density at radius 2 is 1.82 bits per heavy atom. The monoisotopic (exact) mass is 696 g/mol. The Labute approximate surface area is 252 Å². The van der Waals surface area contributed by atoms with Crippen molar-refractivity contribution in [3.63, 3.8) is 0 Å². The molecule has 0 aliphatic carbocycles. The van der Waals surface area contributed by atoms with E-state index in [4.69, 9.17) is 44.9 Å². The fraction of sp³-hybridized carbons (Fsp3) is 0.148. The zero-order chi connectivity index (χ0) is 27.6. The van der Waals surface area contributed by atoms with Gasteiger partial charge in [0.2, 0.25) is 0 Å². The van der Waals surface area contributed by atoms with E-state index in [1.807, 2.05) is 19.9 Å². The normalized spacial score (nSPS) is 14.6. The molecule has 1 saturated heterocycles. The minimum absolute atomic E-state index is 0.0170. The number of halogens is 4. The van der Waals surface area contributed by atoms with Gasteiger partial charge in [0, 0.05) is 20.1 Å². The Hall–Kier alpha value is -2.43. The van der Waals surface area contributed by atoms with Gasteiger partial charge in [0.1, 0.15) is 12.2 Å². The molecular formula is C27H20Br2Cl2N2O4S. The number of anilines is 1. The number of hydrogen-bond donors (Lipinski definition) is 1. The lowest BCUT2D eigenvalue weighted by atomic mass is 10.1. The number of amides is 2. The third kappa shape index (κ3) is 6.24.